The lowest BCUT2D eigenvalue weighted by atomic mass is 10.3. The molecule has 1 aromatic rings. The molecule has 0 spiro atoms. The summed E-state index contributed by atoms with van der Waals surface area (Å²) in [6, 6.07) is 0. The number of hydrogen-bond acceptors (Lipinski definition) is 5. The predicted molar refractivity (Wildman–Crippen MR) is 50.7 cm³/mol. The van der Waals surface area contributed by atoms with Crippen molar-refractivity contribution in [1.29, 1.82) is 0 Å². The normalized spacial score (nSPS) is 12.2. The zero-order chi connectivity index (χ0) is 9.84. The van der Waals surface area contributed by atoms with Crippen molar-refractivity contribution in [2.45, 2.75) is 6.10 Å². The molecule has 0 aliphatic rings. The fourth-order valence-corrected chi connectivity index (χ4v) is 1.53. The van der Waals surface area contributed by atoms with Gasteiger partial charge in [-0.1, -0.05) is 4.53 Å². The third kappa shape index (κ3) is 2.57. The molecule has 0 amide bonds. The van der Waals surface area contributed by atoms with Crippen LogP contribution in [0.2, 0.25) is 0 Å². The molecule has 1 aromatic heterocycles. The number of nitrogens with two attached hydrogens (primary N) is 1. The summed E-state index contributed by atoms with van der Waals surface area (Å²) in [6.07, 6.45) is -1.28. The van der Waals surface area contributed by atoms with Crippen molar-refractivity contribution in [3.8, 4) is 0 Å². The Morgan fingerprint density at radius 3 is 2.92 bits per heavy atom. The topological polar surface area (TPSA) is 112 Å². The summed E-state index contributed by atoms with van der Waals surface area (Å²) in [5.74, 6) is 0. The van der Waals surface area contributed by atoms with Crippen LogP contribution in [0.5, 0.6) is 0 Å². The molecule has 0 saturated heterocycles. The van der Waals surface area contributed by atoms with E-state index in [0.717, 1.165) is 11.3 Å². The highest BCUT2D eigenvalue weighted by Crippen LogP contribution is 2.18. The Morgan fingerprint density at radius 1 is 1.77 bits per heavy atom. The monoisotopic (exact) mass is 221 g/mol. The highest BCUT2D eigenvalue weighted by molar-refractivity contribution is 7.68. The van der Waals surface area contributed by atoms with Gasteiger partial charge in [0, 0.05) is 16.5 Å². The summed E-state index contributed by atoms with van der Waals surface area (Å²) in [6.45, 7) is 0. The number of aliphatic hydroxyl groups excluding tert-OH is 2. The van der Waals surface area contributed by atoms with Crippen LogP contribution in [0, 0.1) is 0 Å². The van der Waals surface area contributed by atoms with Gasteiger partial charge in [-0.2, -0.15) is 0 Å². The molecule has 0 aliphatic heterocycles. The van der Waals surface area contributed by atoms with Crippen LogP contribution in [0.4, 0.5) is 5.13 Å². The van der Waals surface area contributed by atoms with Gasteiger partial charge >= 0.3 is 0 Å². The lowest BCUT2D eigenvalue weighted by Gasteiger charge is -2.02. The molecule has 1 atom stereocenters. The molecular weight excluding hydrogens is 214 g/mol. The van der Waals surface area contributed by atoms with Crippen molar-refractivity contribution in [2.24, 2.45) is 4.53 Å². The summed E-state index contributed by atoms with van der Waals surface area (Å²) in [4.78, 5) is 3.74. The second-order valence-corrected chi connectivity index (χ2v) is 3.68. The fraction of sp³-hybridized carbons (Fsp3) is 0.200. The molecule has 0 bridgehead atoms. The van der Waals surface area contributed by atoms with Crippen LogP contribution >= 0.6 is 11.3 Å². The Balaban J connectivity index is 2.91. The molecule has 0 saturated carbocycles. The van der Waals surface area contributed by atoms with Gasteiger partial charge in [-0.05, 0) is 0 Å². The molecule has 0 aliphatic carbocycles. The van der Waals surface area contributed by atoms with Crippen molar-refractivity contribution >= 4 is 32.7 Å². The van der Waals surface area contributed by atoms with E-state index in [-0.39, 0.29) is 5.69 Å². The largest absolute Gasteiger partial charge is 0.379 e. The van der Waals surface area contributed by atoms with E-state index in [9.17, 15) is 5.11 Å². The zero-order valence-electron chi connectivity index (χ0n) is 6.28. The first-order chi connectivity index (χ1) is 6.15. The van der Waals surface area contributed by atoms with E-state index in [1.165, 1.54) is 5.38 Å². The van der Waals surface area contributed by atoms with Gasteiger partial charge in [0.1, 0.15) is 0 Å². The second kappa shape index (κ2) is 4.44. The number of thiazole rings is 1. The standard InChI is InChI=1S/C5H7N3O3S2/c6-5-7-2(1-12-5)3(9)4(10)13-8-11/h1,3,9-11H,(H2,6,7). The van der Waals surface area contributed by atoms with Gasteiger partial charge in [0.25, 0.3) is 0 Å². The van der Waals surface area contributed by atoms with Gasteiger partial charge in [0.05, 0.1) is 5.69 Å². The number of rotatable bonds is 2. The molecule has 1 rings (SSSR count). The average Bonchev–Trinajstić information content (AvgIpc) is 2.51. The lowest BCUT2D eigenvalue weighted by molar-refractivity contribution is 0.222. The Kier molecular flexibility index (Phi) is 3.51. The molecule has 13 heavy (non-hydrogen) atoms. The highest BCUT2D eigenvalue weighted by atomic mass is 32.1. The Labute approximate surface area is 81.0 Å². The number of nitrogens with zero attached hydrogens (tertiary/aromatic N) is 2. The molecule has 0 radical (unpaired) electrons. The second-order valence-electron chi connectivity index (χ2n) is 2.02. The van der Waals surface area contributed by atoms with Crippen LogP contribution in [0.3, 0.4) is 0 Å². The number of hydrogen-bond donors (Lipinski definition) is 4. The molecule has 1 heterocycles. The highest BCUT2D eigenvalue weighted by Gasteiger charge is 2.14. The van der Waals surface area contributed by atoms with Crippen molar-refractivity contribution < 1.29 is 15.4 Å². The van der Waals surface area contributed by atoms with Crippen molar-refractivity contribution in [3.63, 3.8) is 0 Å². The summed E-state index contributed by atoms with van der Waals surface area (Å²) in [7, 11) is 0. The predicted octanol–water partition coefficient (Wildman–Crippen LogP) is 0.102. The molecule has 5 N–H and O–H groups in total. The SMILES string of the molecule is Nc1nc(C(O)C(O)=S=NO)cs1. The maximum atomic E-state index is 9.34. The molecule has 0 aromatic carbocycles. The van der Waals surface area contributed by atoms with Crippen LogP contribution in [-0.4, -0.2) is 25.5 Å². The minimum Gasteiger partial charge on any atom is -0.379 e. The fourth-order valence-electron chi connectivity index (χ4n) is 0.645. The first-order valence-corrected chi connectivity index (χ1v) is 4.76. The summed E-state index contributed by atoms with van der Waals surface area (Å²) in [5, 5.41) is 27.9. The Hall–Kier alpha value is -0.800. The minimum absolute atomic E-state index is 0.233. The first-order valence-electron chi connectivity index (χ1n) is 3.11. The van der Waals surface area contributed by atoms with Crippen LogP contribution in [0.15, 0.2) is 9.91 Å². The zero-order valence-corrected chi connectivity index (χ0v) is 7.92. The van der Waals surface area contributed by atoms with E-state index in [2.05, 4.69) is 9.51 Å². The van der Waals surface area contributed by atoms with Crippen LogP contribution in [0.1, 0.15) is 11.8 Å². The van der Waals surface area contributed by atoms with Gasteiger partial charge in [-0.3, -0.25) is 5.21 Å². The number of anilines is 1. The minimum atomic E-state index is -1.28. The van der Waals surface area contributed by atoms with Crippen LogP contribution in [0.25, 0.3) is 0 Å². The van der Waals surface area contributed by atoms with E-state index < -0.39 is 11.2 Å². The molecule has 6 nitrogen and oxygen atoms in total. The third-order valence-electron chi connectivity index (χ3n) is 1.19. The smallest absolute Gasteiger partial charge is 0.180 e. The number of aromatic nitrogens is 1. The Morgan fingerprint density at radius 2 is 2.46 bits per heavy atom. The quantitative estimate of drug-likeness (QED) is 0.418. The van der Waals surface area contributed by atoms with Crippen LogP contribution < -0.4 is 5.73 Å². The molecule has 0 fully saturated rings. The van der Waals surface area contributed by atoms with E-state index >= 15 is 0 Å². The first kappa shape index (κ1) is 10.3. The third-order valence-corrected chi connectivity index (χ3v) is 2.37. The van der Waals surface area contributed by atoms with Gasteiger partial charge in [-0.15, -0.1) is 11.3 Å². The summed E-state index contributed by atoms with van der Waals surface area (Å²) < 4.78 is 2.60. The Bertz CT molecular complexity index is 358. The maximum absolute atomic E-state index is 9.34. The van der Waals surface area contributed by atoms with Gasteiger partial charge in [-0.25, -0.2) is 4.98 Å². The van der Waals surface area contributed by atoms with Gasteiger partial charge in [0.2, 0.25) is 0 Å². The van der Waals surface area contributed by atoms with Crippen molar-refractivity contribution in [2.75, 3.05) is 5.73 Å². The van der Waals surface area contributed by atoms with Gasteiger partial charge in [0.15, 0.2) is 16.3 Å². The number of aliphatic hydroxyl groups is 2. The average molecular weight is 221 g/mol. The van der Waals surface area contributed by atoms with E-state index in [1.54, 1.807) is 0 Å². The van der Waals surface area contributed by atoms with Gasteiger partial charge < -0.3 is 15.9 Å². The van der Waals surface area contributed by atoms with Crippen LogP contribution in [-0.2, 0) is 11.1 Å². The van der Waals surface area contributed by atoms with E-state index in [0.29, 0.717) is 16.3 Å². The number of nitrogen functional groups attached to an aromatic ring is 1. The summed E-state index contributed by atoms with van der Waals surface area (Å²) >= 11 is 1.52. The summed E-state index contributed by atoms with van der Waals surface area (Å²) in [5.41, 5.74) is 5.55. The molecular formula is C5H7N3O3S2. The molecule has 1 unspecified atom stereocenters. The maximum Gasteiger partial charge on any atom is 0.180 e. The van der Waals surface area contributed by atoms with E-state index in [4.69, 9.17) is 16.0 Å². The molecule has 8 heteroatoms. The van der Waals surface area contributed by atoms with Crippen molar-refractivity contribution in [1.82, 2.24) is 4.98 Å². The van der Waals surface area contributed by atoms with Crippen molar-refractivity contribution in [3.05, 3.63) is 11.1 Å². The van der Waals surface area contributed by atoms with E-state index in [1.807, 2.05) is 0 Å². The lowest BCUT2D eigenvalue weighted by Crippen LogP contribution is -2.11. The molecule has 72 valence electrons.